The van der Waals surface area contributed by atoms with E-state index in [0.29, 0.717) is 19.6 Å². The Bertz CT molecular complexity index is 327. The largest absolute Gasteiger partial charge is 0.388 e. The summed E-state index contributed by atoms with van der Waals surface area (Å²) in [5, 5.41) is 13.5. The van der Waals surface area contributed by atoms with Gasteiger partial charge in [0.25, 0.3) is 0 Å². The van der Waals surface area contributed by atoms with E-state index in [4.69, 9.17) is 0 Å². The van der Waals surface area contributed by atoms with Crippen LogP contribution < -0.4 is 5.32 Å². The number of rotatable bonds is 2. The van der Waals surface area contributed by atoms with Gasteiger partial charge in [-0.1, -0.05) is 0 Å². The maximum Gasteiger partial charge on any atom is 0.152 e. The fourth-order valence-corrected chi connectivity index (χ4v) is 3.65. The average molecular weight is 285 g/mol. The molecular weight excluding hydrogens is 264 g/mol. The van der Waals surface area contributed by atoms with Crippen LogP contribution in [0.4, 0.5) is 0 Å². The first-order valence-electron chi connectivity index (χ1n) is 5.85. The van der Waals surface area contributed by atoms with E-state index in [2.05, 4.69) is 10.2 Å². The zero-order valence-electron chi connectivity index (χ0n) is 9.89. The summed E-state index contributed by atoms with van der Waals surface area (Å²) in [6, 6.07) is 0. The minimum absolute atomic E-state index is 0. The van der Waals surface area contributed by atoms with Gasteiger partial charge in [-0.25, -0.2) is 8.42 Å². The van der Waals surface area contributed by atoms with Crippen LogP contribution in [-0.4, -0.2) is 68.3 Å². The second kappa shape index (κ2) is 5.84. The van der Waals surface area contributed by atoms with E-state index in [1.165, 1.54) is 0 Å². The van der Waals surface area contributed by atoms with Crippen molar-refractivity contribution >= 4 is 22.2 Å². The second-order valence-electron chi connectivity index (χ2n) is 4.90. The van der Waals surface area contributed by atoms with Crippen molar-refractivity contribution < 1.29 is 13.5 Å². The first kappa shape index (κ1) is 15.2. The van der Waals surface area contributed by atoms with Gasteiger partial charge in [0, 0.05) is 19.6 Å². The Hall–Kier alpha value is 0.120. The number of halogens is 1. The van der Waals surface area contributed by atoms with Gasteiger partial charge in [-0.3, -0.25) is 4.90 Å². The van der Waals surface area contributed by atoms with Crippen LogP contribution in [0.5, 0.6) is 0 Å². The number of aliphatic hydroxyl groups is 1. The van der Waals surface area contributed by atoms with Gasteiger partial charge in [0.2, 0.25) is 0 Å². The van der Waals surface area contributed by atoms with Crippen molar-refractivity contribution in [3.05, 3.63) is 0 Å². The lowest BCUT2D eigenvalue weighted by atomic mass is 9.92. The van der Waals surface area contributed by atoms with Gasteiger partial charge < -0.3 is 10.4 Å². The highest BCUT2D eigenvalue weighted by Gasteiger charge is 2.33. The predicted molar refractivity (Wildman–Crippen MR) is 69.4 cm³/mol. The van der Waals surface area contributed by atoms with E-state index in [-0.39, 0.29) is 23.9 Å². The van der Waals surface area contributed by atoms with E-state index in [1.54, 1.807) is 0 Å². The van der Waals surface area contributed by atoms with Crippen molar-refractivity contribution in [1.82, 2.24) is 10.2 Å². The predicted octanol–water partition coefficient (Wildman–Crippen LogP) is -0.747. The lowest BCUT2D eigenvalue weighted by molar-refractivity contribution is -0.0190. The quantitative estimate of drug-likeness (QED) is 0.699. The van der Waals surface area contributed by atoms with Crippen LogP contribution >= 0.6 is 12.4 Å². The molecule has 102 valence electrons. The van der Waals surface area contributed by atoms with Gasteiger partial charge in [-0.15, -0.1) is 12.4 Å². The molecular formula is C10H21ClN2O3S. The van der Waals surface area contributed by atoms with Gasteiger partial charge in [0.15, 0.2) is 9.84 Å². The molecule has 0 aliphatic carbocycles. The molecule has 0 aromatic rings. The van der Waals surface area contributed by atoms with Gasteiger partial charge in [-0.05, 0) is 25.9 Å². The Balaban J connectivity index is 0.00000144. The topological polar surface area (TPSA) is 69.6 Å². The minimum atomic E-state index is -2.81. The number of β-amino-alcohol motifs (C(OH)–C–C–N with tert-alkyl or cyclic N) is 1. The summed E-state index contributed by atoms with van der Waals surface area (Å²) in [5.41, 5.74) is -0.619. The number of hydrogen-bond acceptors (Lipinski definition) is 5. The normalized spacial score (nSPS) is 28.3. The number of nitrogens with zero attached hydrogens (tertiary/aromatic N) is 1. The monoisotopic (exact) mass is 284 g/mol. The number of nitrogens with one attached hydrogen (secondary N) is 1. The Kier molecular flexibility index (Phi) is 5.21. The van der Waals surface area contributed by atoms with E-state index >= 15 is 0 Å². The molecule has 0 amide bonds. The molecule has 0 unspecified atom stereocenters. The molecule has 2 aliphatic heterocycles. The zero-order valence-corrected chi connectivity index (χ0v) is 11.5. The third kappa shape index (κ3) is 4.37. The number of sulfone groups is 1. The molecule has 5 nitrogen and oxygen atoms in total. The van der Waals surface area contributed by atoms with Crippen LogP contribution in [0.2, 0.25) is 0 Å². The number of hydrogen-bond donors (Lipinski definition) is 2. The van der Waals surface area contributed by atoms with E-state index in [0.717, 1.165) is 25.9 Å². The molecule has 0 bridgehead atoms. The molecule has 0 aromatic carbocycles. The molecule has 0 aromatic heterocycles. The van der Waals surface area contributed by atoms with Crippen molar-refractivity contribution in [3.63, 3.8) is 0 Å². The second-order valence-corrected chi connectivity index (χ2v) is 7.21. The van der Waals surface area contributed by atoms with Crippen molar-refractivity contribution in [1.29, 1.82) is 0 Å². The highest BCUT2D eigenvalue weighted by molar-refractivity contribution is 7.91. The fraction of sp³-hybridized carbons (Fsp3) is 1.00. The minimum Gasteiger partial charge on any atom is -0.388 e. The van der Waals surface area contributed by atoms with Gasteiger partial charge in [0.1, 0.15) is 0 Å². The Morgan fingerprint density at radius 2 is 1.71 bits per heavy atom. The van der Waals surface area contributed by atoms with Crippen molar-refractivity contribution in [2.75, 3.05) is 44.2 Å². The highest BCUT2D eigenvalue weighted by atomic mass is 35.5. The van der Waals surface area contributed by atoms with Crippen LogP contribution in [-0.2, 0) is 9.84 Å². The smallest absolute Gasteiger partial charge is 0.152 e. The van der Waals surface area contributed by atoms with Gasteiger partial charge in [0.05, 0.1) is 17.1 Å². The van der Waals surface area contributed by atoms with E-state index in [9.17, 15) is 13.5 Å². The Labute approximate surface area is 109 Å². The molecule has 7 heteroatoms. The lowest BCUT2D eigenvalue weighted by Gasteiger charge is -2.38. The van der Waals surface area contributed by atoms with Crippen molar-refractivity contribution in [2.45, 2.75) is 18.4 Å². The molecule has 0 radical (unpaired) electrons. The van der Waals surface area contributed by atoms with Crippen LogP contribution in [0.25, 0.3) is 0 Å². The van der Waals surface area contributed by atoms with Crippen LogP contribution in [0.3, 0.4) is 0 Å². The lowest BCUT2D eigenvalue weighted by Crippen LogP contribution is -2.52. The highest BCUT2D eigenvalue weighted by Crippen LogP contribution is 2.20. The number of piperidine rings is 1. The third-order valence-electron chi connectivity index (χ3n) is 3.49. The van der Waals surface area contributed by atoms with Crippen LogP contribution in [0.1, 0.15) is 12.8 Å². The zero-order chi connectivity index (χ0) is 11.6. The molecule has 0 atom stereocenters. The van der Waals surface area contributed by atoms with Crippen molar-refractivity contribution in [2.24, 2.45) is 0 Å². The summed E-state index contributed by atoms with van der Waals surface area (Å²) in [4.78, 5) is 2.08. The SMILES string of the molecule is Cl.O=S1(=O)CCN(CC2(O)CCNCC2)CC1. The Morgan fingerprint density at radius 1 is 1.18 bits per heavy atom. The summed E-state index contributed by atoms with van der Waals surface area (Å²) in [6.45, 7) is 3.45. The third-order valence-corrected chi connectivity index (χ3v) is 5.10. The van der Waals surface area contributed by atoms with Crippen LogP contribution in [0, 0.1) is 0 Å². The van der Waals surface area contributed by atoms with Gasteiger partial charge >= 0.3 is 0 Å². The fourth-order valence-electron chi connectivity index (χ4n) is 2.37. The molecule has 17 heavy (non-hydrogen) atoms. The molecule has 0 saturated carbocycles. The molecule has 2 fully saturated rings. The van der Waals surface area contributed by atoms with Crippen LogP contribution in [0.15, 0.2) is 0 Å². The summed E-state index contributed by atoms with van der Waals surface area (Å²) in [5.74, 6) is 0.475. The summed E-state index contributed by atoms with van der Waals surface area (Å²) < 4.78 is 22.5. The molecule has 2 aliphatic rings. The molecule has 2 saturated heterocycles. The summed E-state index contributed by atoms with van der Waals surface area (Å²) in [6.07, 6.45) is 1.52. The maximum absolute atomic E-state index is 11.3. The first-order chi connectivity index (χ1) is 7.49. The summed E-state index contributed by atoms with van der Waals surface area (Å²) in [7, 11) is -2.81. The standard InChI is InChI=1S/C10H20N2O3S.ClH/c13-10(1-3-11-4-2-10)9-12-5-7-16(14,15)8-6-12;/h11,13H,1-9H2;1H. The van der Waals surface area contributed by atoms with E-state index in [1.807, 2.05) is 0 Å². The molecule has 0 spiro atoms. The van der Waals surface area contributed by atoms with E-state index < -0.39 is 15.4 Å². The van der Waals surface area contributed by atoms with Gasteiger partial charge in [-0.2, -0.15) is 0 Å². The van der Waals surface area contributed by atoms with Crippen molar-refractivity contribution in [3.8, 4) is 0 Å². The molecule has 2 heterocycles. The molecule has 2 rings (SSSR count). The molecule has 2 N–H and O–H groups in total. The summed E-state index contributed by atoms with van der Waals surface area (Å²) >= 11 is 0. The maximum atomic E-state index is 11.3. The Morgan fingerprint density at radius 3 is 2.24 bits per heavy atom. The first-order valence-corrected chi connectivity index (χ1v) is 7.67. The average Bonchev–Trinajstić information content (AvgIpc) is 2.22.